The van der Waals surface area contributed by atoms with Crippen molar-refractivity contribution >= 4 is 33.5 Å². The fourth-order valence-electron chi connectivity index (χ4n) is 2.27. The first kappa shape index (κ1) is 25.2. The molecule has 2 atom stereocenters. The van der Waals surface area contributed by atoms with Crippen molar-refractivity contribution in [1.82, 2.24) is 0 Å². The minimum Gasteiger partial charge on any atom is -0.481 e. The molecule has 2 unspecified atom stereocenters. The van der Waals surface area contributed by atoms with Crippen LogP contribution in [0.1, 0.15) is 59.8 Å². The fraction of sp³-hybridized carbons (Fsp3) is 0.882. The molecule has 0 rings (SSSR count). The maximum absolute atomic E-state index is 12.0. The van der Waals surface area contributed by atoms with E-state index in [4.69, 9.17) is 10.4 Å². The number of rotatable bonds is 14. The molecular formula is C17H32O7S2. The molecule has 0 fully saturated rings. The van der Waals surface area contributed by atoms with Crippen molar-refractivity contribution in [3.8, 4) is 0 Å². The van der Waals surface area contributed by atoms with E-state index in [-0.39, 0.29) is 0 Å². The van der Waals surface area contributed by atoms with Gasteiger partial charge in [-0.3, -0.25) is 13.2 Å². The molecule has 0 aliphatic carbocycles. The van der Waals surface area contributed by atoms with Gasteiger partial charge in [0.2, 0.25) is 0 Å². The van der Waals surface area contributed by atoms with Crippen LogP contribution >= 0.6 is 0 Å². The number of carbonyl (C=O) groups excluding carboxylic acids is 1. The van der Waals surface area contributed by atoms with Gasteiger partial charge in [-0.2, -0.15) is 5.26 Å². The van der Waals surface area contributed by atoms with Crippen molar-refractivity contribution in [3.05, 3.63) is 0 Å². The molecule has 0 aliphatic rings. The van der Waals surface area contributed by atoms with Crippen LogP contribution in [-0.4, -0.2) is 53.7 Å². The number of hydrogen-bond acceptors (Lipinski definition) is 6. The van der Waals surface area contributed by atoms with E-state index in [2.05, 4.69) is 4.89 Å². The Kier molecular flexibility index (Phi) is 11.5. The van der Waals surface area contributed by atoms with E-state index in [9.17, 15) is 18.0 Å². The Bertz CT molecular complexity index is 515. The van der Waals surface area contributed by atoms with Crippen molar-refractivity contribution in [3.63, 3.8) is 0 Å². The second-order valence-electron chi connectivity index (χ2n) is 7.71. The molecule has 0 aromatic heterocycles. The largest absolute Gasteiger partial charge is 0.481 e. The summed E-state index contributed by atoms with van der Waals surface area (Å²) in [5, 5.41) is 17.4. The Morgan fingerprint density at radius 1 is 0.808 bits per heavy atom. The number of hydrogen-bond donors (Lipinski definition) is 2. The molecule has 9 heteroatoms. The van der Waals surface area contributed by atoms with Crippen molar-refractivity contribution in [2.24, 2.45) is 10.8 Å². The quantitative estimate of drug-likeness (QED) is 0.332. The van der Waals surface area contributed by atoms with Crippen LogP contribution in [0.4, 0.5) is 0 Å². The highest BCUT2D eigenvalue weighted by molar-refractivity contribution is 7.85. The Morgan fingerprint density at radius 3 is 1.58 bits per heavy atom. The predicted molar refractivity (Wildman–Crippen MR) is 103 cm³/mol. The number of aliphatic carboxylic acids is 1. The highest BCUT2D eigenvalue weighted by Gasteiger charge is 2.29. The summed E-state index contributed by atoms with van der Waals surface area (Å²) < 4.78 is 23.9. The topological polar surface area (TPSA) is 118 Å². The normalized spacial score (nSPS) is 14.7. The SMILES string of the molecule is CC(C)(CCCS(=O)CCCS(=O)CCCC(C)(C)C(=O)OO)C(=O)O. The lowest BCUT2D eigenvalue weighted by atomic mass is 9.88. The monoisotopic (exact) mass is 412 g/mol. The van der Waals surface area contributed by atoms with E-state index < -0.39 is 44.4 Å². The van der Waals surface area contributed by atoms with Gasteiger partial charge in [0.15, 0.2) is 0 Å². The van der Waals surface area contributed by atoms with E-state index in [1.807, 2.05) is 0 Å². The number of carbonyl (C=O) groups is 2. The molecule has 0 spiro atoms. The molecule has 0 aromatic rings. The van der Waals surface area contributed by atoms with E-state index in [0.29, 0.717) is 55.1 Å². The third-order valence-corrected chi connectivity index (χ3v) is 7.28. The molecule has 2 N–H and O–H groups in total. The van der Waals surface area contributed by atoms with Gasteiger partial charge in [0.1, 0.15) is 0 Å². The molecule has 154 valence electrons. The van der Waals surface area contributed by atoms with Crippen molar-refractivity contribution in [2.45, 2.75) is 59.8 Å². The summed E-state index contributed by atoms with van der Waals surface area (Å²) in [6.07, 6.45) is 2.69. The lowest BCUT2D eigenvalue weighted by Crippen LogP contribution is -2.26. The summed E-state index contributed by atoms with van der Waals surface area (Å²) in [5.74, 6) is 0.264. The number of carboxylic acids is 1. The van der Waals surface area contributed by atoms with Gasteiger partial charge in [-0.25, -0.2) is 4.79 Å². The number of carboxylic acid groups (broad SMARTS) is 1. The molecule has 0 amide bonds. The maximum atomic E-state index is 12.0. The van der Waals surface area contributed by atoms with Crippen LogP contribution in [-0.2, 0) is 36.1 Å². The Morgan fingerprint density at radius 2 is 1.19 bits per heavy atom. The molecule has 0 saturated heterocycles. The van der Waals surface area contributed by atoms with Gasteiger partial charge in [0.05, 0.1) is 10.8 Å². The van der Waals surface area contributed by atoms with Crippen LogP contribution in [0, 0.1) is 10.8 Å². The Labute approximate surface area is 160 Å². The highest BCUT2D eigenvalue weighted by atomic mass is 32.2. The first-order valence-electron chi connectivity index (χ1n) is 8.71. The average Bonchev–Trinajstić information content (AvgIpc) is 2.53. The van der Waals surface area contributed by atoms with E-state index in [0.717, 1.165) is 0 Å². The lowest BCUT2D eigenvalue weighted by molar-refractivity contribution is -0.244. The highest BCUT2D eigenvalue weighted by Crippen LogP contribution is 2.24. The van der Waals surface area contributed by atoms with Crippen LogP contribution in [0.2, 0.25) is 0 Å². The van der Waals surface area contributed by atoms with E-state index in [1.54, 1.807) is 27.7 Å². The third-order valence-electron chi connectivity index (χ3n) is 4.31. The summed E-state index contributed by atoms with van der Waals surface area (Å²) in [6, 6.07) is 0. The molecule has 0 heterocycles. The van der Waals surface area contributed by atoms with Gasteiger partial charge in [-0.05, 0) is 59.8 Å². The van der Waals surface area contributed by atoms with Crippen LogP contribution in [0.5, 0.6) is 0 Å². The molecule has 0 saturated carbocycles. The fourth-order valence-corrected chi connectivity index (χ4v) is 4.72. The zero-order chi connectivity index (χ0) is 20.4. The van der Waals surface area contributed by atoms with Gasteiger partial charge in [-0.1, -0.05) is 0 Å². The van der Waals surface area contributed by atoms with Gasteiger partial charge in [0, 0.05) is 44.6 Å². The Hall–Kier alpha value is -0.800. The van der Waals surface area contributed by atoms with Crippen molar-refractivity contribution in [2.75, 3.05) is 23.0 Å². The molecule has 0 aromatic carbocycles. The van der Waals surface area contributed by atoms with Gasteiger partial charge < -0.3 is 9.99 Å². The molecular weight excluding hydrogens is 380 g/mol. The zero-order valence-corrected chi connectivity index (χ0v) is 17.7. The zero-order valence-electron chi connectivity index (χ0n) is 16.1. The van der Waals surface area contributed by atoms with E-state index in [1.165, 1.54) is 0 Å². The summed E-state index contributed by atoms with van der Waals surface area (Å²) in [5.41, 5.74) is -1.62. The van der Waals surface area contributed by atoms with Gasteiger partial charge in [0.25, 0.3) is 0 Å². The van der Waals surface area contributed by atoms with E-state index >= 15 is 0 Å². The lowest BCUT2D eigenvalue weighted by Gasteiger charge is -2.19. The van der Waals surface area contributed by atoms with Crippen molar-refractivity contribution < 1.29 is 33.3 Å². The molecule has 26 heavy (non-hydrogen) atoms. The van der Waals surface area contributed by atoms with Crippen LogP contribution in [0.25, 0.3) is 0 Å². The third kappa shape index (κ3) is 10.4. The molecule has 0 bridgehead atoms. The van der Waals surface area contributed by atoms with Crippen LogP contribution < -0.4 is 0 Å². The predicted octanol–water partition coefficient (Wildman–Crippen LogP) is 2.59. The summed E-state index contributed by atoms with van der Waals surface area (Å²) in [7, 11) is -2.07. The van der Waals surface area contributed by atoms with Gasteiger partial charge in [-0.15, -0.1) is 0 Å². The second-order valence-corrected chi connectivity index (χ2v) is 11.1. The summed E-state index contributed by atoms with van der Waals surface area (Å²) >= 11 is 0. The van der Waals surface area contributed by atoms with Crippen LogP contribution in [0.15, 0.2) is 0 Å². The minimum absolute atomic E-state index is 0.446. The maximum Gasteiger partial charge on any atom is 0.347 e. The first-order valence-corrected chi connectivity index (χ1v) is 11.7. The molecule has 7 nitrogen and oxygen atoms in total. The summed E-state index contributed by atoms with van der Waals surface area (Å²) in [6.45, 7) is 6.62. The Balaban J connectivity index is 3.90. The second kappa shape index (κ2) is 11.8. The molecule has 0 radical (unpaired) electrons. The first-order chi connectivity index (χ1) is 11.9. The standard InChI is InChI=1S/C17H32O7S2/c1-16(2,14(18)19)8-5-10-25(22)12-7-13-26(23)11-6-9-17(3,4)15(20)24-21/h21H,5-13H2,1-4H3,(H,18,19). The van der Waals surface area contributed by atoms with Crippen LogP contribution in [0.3, 0.4) is 0 Å². The average molecular weight is 413 g/mol. The smallest absolute Gasteiger partial charge is 0.347 e. The summed E-state index contributed by atoms with van der Waals surface area (Å²) in [4.78, 5) is 26.1. The van der Waals surface area contributed by atoms with Crippen molar-refractivity contribution in [1.29, 1.82) is 0 Å². The van der Waals surface area contributed by atoms with Gasteiger partial charge >= 0.3 is 11.9 Å². The minimum atomic E-state index is -1.04. The molecule has 0 aliphatic heterocycles.